The van der Waals surface area contributed by atoms with E-state index in [4.69, 9.17) is 0 Å². The first-order valence-electron chi connectivity index (χ1n) is 6.26. The molecule has 14 heavy (non-hydrogen) atoms. The van der Waals surface area contributed by atoms with E-state index in [9.17, 15) is 0 Å². The summed E-state index contributed by atoms with van der Waals surface area (Å²) in [5.41, 5.74) is 0.535. The van der Waals surface area contributed by atoms with Crippen LogP contribution in [0.5, 0.6) is 0 Å². The second-order valence-corrected chi connectivity index (χ2v) is 5.06. The highest BCUT2D eigenvalue weighted by Crippen LogP contribution is 2.37. The molecule has 2 aliphatic rings. The van der Waals surface area contributed by atoms with E-state index in [0.717, 1.165) is 6.04 Å². The molecule has 2 rings (SSSR count). The molecule has 1 heterocycles. The Bertz CT molecular complexity index is 185. The second-order valence-electron chi connectivity index (χ2n) is 5.06. The predicted molar refractivity (Wildman–Crippen MR) is 60.5 cm³/mol. The van der Waals surface area contributed by atoms with Gasteiger partial charge in [-0.15, -0.1) is 0 Å². The summed E-state index contributed by atoms with van der Waals surface area (Å²) in [5.74, 6) is 0. The molecule has 1 saturated heterocycles. The van der Waals surface area contributed by atoms with Crippen molar-refractivity contribution in [3.63, 3.8) is 0 Å². The number of nitrogens with one attached hydrogen (secondary N) is 1. The summed E-state index contributed by atoms with van der Waals surface area (Å²) in [5, 5.41) is 3.58. The normalized spacial score (nSPS) is 29.6. The summed E-state index contributed by atoms with van der Waals surface area (Å²) in [7, 11) is 0. The van der Waals surface area contributed by atoms with E-state index in [2.05, 4.69) is 24.1 Å². The van der Waals surface area contributed by atoms with E-state index in [0.29, 0.717) is 5.54 Å². The highest BCUT2D eigenvalue weighted by molar-refractivity contribution is 5.00. The van der Waals surface area contributed by atoms with Gasteiger partial charge in [0.15, 0.2) is 0 Å². The fourth-order valence-electron chi connectivity index (χ4n) is 3.26. The maximum atomic E-state index is 3.58. The molecule has 0 aromatic heterocycles. The van der Waals surface area contributed by atoms with Gasteiger partial charge in [0.05, 0.1) is 0 Å². The molecule has 1 aliphatic carbocycles. The molecule has 82 valence electrons. The Morgan fingerprint density at radius 3 is 2.71 bits per heavy atom. The molecular formula is C12H24N2. The van der Waals surface area contributed by atoms with Crippen molar-refractivity contribution in [1.29, 1.82) is 0 Å². The van der Waals surface area contributed by atoms with Crippen LogP contribution in [-0.2, 0) is 0 Å². The molecule has 1 aliphatic heterocycles. The van der Waals surface area contributed by atoms with Crippen LogP contribution in [-0.4, -0.2) is 36.1 Å². The Labute approximate surface area is 88.1 Å². The van der Waals surface area contributed by atoms with Gasteiger partial charge in [-0.05, 0) is 26.2 Å². The van der Waals surface area contributed by atoms with Gasteiger partial charge < -0.3 is 5.32 Å². The van der Waals surface area contributed by atoms with Crippen molar-refractivity contribution in [3.05, 3.63) is 0 Å². The standard InChI is InChI=1S/C12H24N2/c1-3-11(2)14-9-8-13-10-12(14)6-4-5-7-12/h11,13H,3-10H2,1-2H3. The van der Waals surface area contributed by atoms with Crippen molar-refractivity contribution < 1.29 is 0 Å². The smallest absolute Gasteiger partial charge is 0.0337 e. The number of nitrogens with zero attached hydrogens (tertiary/aromatic N) is 1. The van der Waals surface area contributed by atoms with E-state index >= 15 is 0 Å². The van der Waals surface area contributed by atoms with Crippen LogP contribution in [0.25, 0.3) is 0 Å². The lowest BCUT2D eigenvalue weighted by atomic mass is 9.90. The fraction of sp³-hybridized carbons (Fsp3) is 1.00. The summed E-state index contributed by atoms with van der Waals surface area (Å²) < 4.78 is 0. The van der Waals surface area contributed by atoms with Crippen LogP contribution >= 0.6 is 0 Å². The minimum absolute atomic E-state index is 0.535. The van der Waals surface area contributed by atoms with Crippen LogP contribution < -0.4 is 5.32 Å². The molecule has 0 aromatic carbocycles. The quantitative estimate of drug-likeness (QED) is 0.727. The molecule has 1 unspecified atom stereocenters. The third-order valence-corrected chi connectivity index (χ3v) is 4.25. The molecule has 2 nitrogen and oxygen atoms in total. The zero-order valence-electron chi connectivity index (χ0n) is 9.68. The second kappa shape index (κ2) is 4.19. The molecule has 0 bridgehead atoms. The lowest BCUT2D eigenvalue weighted by Crippen LogP contribution is -2.62. The Balaban J connectivity index is 2.10. The Morgan fingerprint density at radius 2 is 2.07 bits per heavy atom. The Morgan fingerprint density at radius 1 is 1.36 bits per heavy atom. The molecule has 2 fully saturated rings. The third-order valence-electron chi connectivity index (χ3n) is 4.25. The molecule has 0 radical (unpaired) electrons. The van der Waals surface area contributed by atoms with Crippen molar-refractivity contribution in [3.8, 4) is 0 Å². The van der Waals surface area contributed by atoms with E-state index in [-0.39, 0.29) is 0 Å². The maximum absolute atomic E-state index is 3.58. The number of hydrogen-bond donors (Lipinski definition) is 1. The average Bonchev–Trinajstić information content (AvgIpc) is 2.67. The molecule has 0 amide bonds. The largest absolute Gasteiger partial charge is 0.314 e. The molecular weight excluding hydrogens is 172 g/mol. The van der Waals surface area contributed by atoms with Gasteiger partial charge >= 0.3 is 0 Å². The predicted octanol–water partition coefficient (Wildman–Crippen LogP) is 2.00. The minimum Gasteiger partial charge on any atom is -0.314 e. The van der Waals surface area contributed by atoms with Crippen molar-refractivity contribution in [2.75, 3.05) is 19.6 Å². The van der Waals surface area contributed by atoms with Gasteiger partial charge in [0.25, 0.3) is 0 Å². The van der Waals surface area contributed by atoms with Crippen molar-refractivity contribution >= 4 is 0 Å². The third kappa shape index (κ3) is 1.70. The number of hydrogen-bond acceptors (Lipinski definition) is 2. The lowest BCUT2D eigenvalue weighted by Gasteiger charge is -2.48. The van der Waals surface area contributed by atoms with Crippen LogP contribution in [0.15, 0.2) is 0 Å². The topological polar surface area (TPSA) is 15.3 Å². The van der Waals surface area contributed by atoms with Gasteiger partial charge in [-0.3, -0.25) is 4.90 Å². The van der Waals surface area contributed by atoms with Gasteiger partial charge in [0.2, 0.25) is 0 Å². The van der Waals surface area contributed by atoms with Gasteiger partial charge in [-0.1, -0.05) is 19.8 Å². The number of piperazine rings is 1. The number of rotatable bonds is 2. The summed E-state index contributed by atoms with van der Waals surface area (Å²) in [4.78, 5) is 2.79. The first kappa shape index (κ1) is 10.4. The van der Waals surface area contributed by atoms with Crippen LogP contribution in [0.4, 0.5) is 0 Å². The van der Waals surface area contributed by atoms with Gasteiger partial charge in [-0.2, -0.15) is 0 Å². The molecule has 1 spiro atoms. The van der Waals surface area contributed by atoms with Crippen LogP contribution in [0.3, 0.4) is 0 Å². The summed E-state index contributed by atoms with van der Waals surface area (Å²) in [6, 6.07) is 0.773. The highest BCUT2D eigenvalue weighted by atomic mass is 15.3. The first-order chi connectivity index (χ1) is 6.78. The maximum Gasteiger partial charge on any atom is 0.0337 e. The highest BCUT2D eigenvalue weighted by Gasteiger charge is 2.42. The molecule has 1 atom stereocenters. The molecule has 1 saturated carbocycles. The lowest BCUT2D eigenvalue weighted by molar-refractivity contribution is 0.0284. The Hall–Kier alpha value is -0.0800. The molecule has 1 N–H and O–H groups in total. The average molecular weight is 196 g/mol. The first-order valence-corrected chi connectivity index (χ1v) is 6.26. The van der Waals surface area contributed by atoms with Crippen LogP contribution in [0, 0.1) is 0 Å². The van der Waals surface area contributed by atoms with E-state index in [1.54, 1.807) is 0 Å². The van der Waals surface area contributed by atoms with E-state index in [1.807, 2.05) is 0 Å². The van der Waals surface area contributed by atoms with Crippen LogP contribution in [0.1, 0.15) is 46.0 Å². The summed E-state index contributed by atoms with van der Waals surface area (Å²) in [6.07, 6.45) is 7.01. The van der Waals surface area contributed by atoms with Crippen molar-refractivity contribution in [2.45, 2.75) is 57.5 Å². The summed E-state index contributed by atoms with van der Waals surface area (Å²) in [6.45, 7) is 8.39. The van der Waals surface area contributed by atoms with Gasteiger partial charge in [-0.25, -0.2) is 0 Å². The zero-order chi connectivity index (χ0) is 10.0. The van der Waals surface area contributed by atoms with Crippen LogP contribution in [0.2, 0.25) is 0 Å². The van der Waals surface area contributed by atoms with Gasteiger partial charge in [0, 0.05) is 31.2 Å². The minimum atomic E-state index is 0.535. The SMILES string of the molecule is CCC(C)N1CCNCC12CCCC2. The molecule has 0 aromatic rings. The fourth-order valence-corrected chi connectivity index (χ4v) is 3.26. The Kier molecular flexibility index (Phi) is 3.13. The monoisotopic (exact) mass is 196 g/mol. The summed E-state index contributed by atoms with van der Waals surface area (Å²) >= 11 is 0. The van der Waals surface area contributed by atoms with Crippen molar-refractivity contribution in [1.82, 2.24) is 10.2 Å². The van der Waals surface area contributed by atoms with E-state index in [1.165, 1.54) is 51.7 Å². The zero-order valence-corrected chi connectivity index (χ0v) is 9.68. The van der Waals surface area contributed by atoms with Gasteiger partial charge in [0.1, 0.15) is 0 Å². The van der Waals surface area contributed by atoms with Crippen molar-refractivity contribution in [2.24, 2.45) is 0 Å². The van der Waals surface area contributed by atoms with E-state index < -0.39 is 0 Å². The molecule has 2 heteroatoms.